The third-order valence-electron chi connectivity index (χ3n) is 1.34. The van der Waals surface area contributed by atoms with Crippen molar-refractivity contribution in [3.05, 3.63) is 40.4 Å². The second kappa shape index (κ2) is 2.83. The molecule has 0 aliphatic carbocycles. The molecule has 0 saturated heterocycles. The minimum absolute atomic E-state index is 1.06. The predicted octanol–water partition coefficient (Wildman–Crippen LogP) is 3.10. The summed E-state index contributed by atoms with van der Waals surface area (Å²) in [5.74, 6) is 0. The maximum absolute atomic E-state index is 3.37. The first-order valence-electron chi connectivity index (χ1n) is 3.16. The van der Waals surface area contributed by atoms with Gasteiger partial charge >= 0.3 is 0 Å². The molecule has 0 unspecified atom stereocenters. The molecule has 2 aromatic heterocycles. The summed E-state index contributed by atoms with van der Waals surface area (Å²) in [5, 5.41) is 3.24. The normalized spacial score (nSPS) is 10.3. The van der Waals surface area contributed by atoms with Gasteiger partial charge in [-0.1, -0.05) is 0 Å². The van der Waals surface area contributed by atoms with Gasteiger partial charge in [0, 0.05) is 10.7 Å². The van der Waals surface area contributed by atoms with Gasteiger partial charge in [-0.2, -0.15) is 0 Å². The highest BCUT2D eigenvalue weighted by molar-refractivity contribution is 9.10. The highest BCUT2D eigenvalue weighted by Gasteiger charge is 1.96. The van der Waals surface area contributed by atoms with E-state index in [1.165, 1.54) is 5.00 Å². The minimum atomic E-state index is 1.06. The Kier molecular flexibility index (Phi) is 1.84. The molecule has 0 N–H and O–H groups in total. The Morgan fingerprint density at radius 2 is 2.45 bits per heavy atom. The van der Waals surface area contributed by atoms with Gasteiger partial charge in [0.15, 0.2) is 0 Å². The molecule has 0 bridgehead atoms. The van der Waals surface area contributed by atoms with Gasteiger partial charge in [0.05, 0.1) is 11.2 Å². The third kappa shape index (κ3) is 1.39. The van der Waals surface area contributed by atoms with E-state index in [4.69, 9.17) is 0 Å². The van der Waals surface area contributed by atoms with Crippen LogP contribution in [0.5, 0.6) is 0 Å². The molecule has 0 atom stereocenters. The molecule has 1 nitrogen and oxygen atoms in total. The molecule has 11 heavy (non-hydrogen) atoms. The van der Waals surface area contributed by atoms with Crippen molar-refractivity contribution in [2.24, 2.45) is 0 Å². The lowest BCUT2D eigenvalue weighted by Gasteiger charge is -1.93. The summed E-state index contributed by atoms with van der Waals surface area (Å²) >= 11 is 5.07. The van der Waals surface area contributed by atoms with E-state index < -0.39 is 0 Å². The SMILES string of the molecule is Brc1c[c]n(-c2cccs2)c1. The van der Waals surface area contributed by atoms with Gasteiger partial charge < -0.3 is 4.57 Å². The number of halogens is 1. The molecule has 0 spiro atoms. The van der Waals surface area contributed by atoms with Crippen LogP contribution in [0.3, 0.4) is 0 Å². The van der Waals surface area contributed by atoms with Crippen LogP contribution in [-0.2, 0) is 0 Å². The number of thiophene rings is 1. The predicted molar refractivity (Wildman–Crippen MR) is 50.2 cm³/mol. The van der Waals surface area contributed by atoms with Gasteiger partial charge in [-0.15, -0.1) is 11.3 Å². The van der Waals surface area contributed by atoms with Crippen LogP contribution in [0, 0.1) is 6.20 Å². The van der Waals surface area contributed by atoms with Crippen molar-refractivity contribution in [1.82, 2.24) is 4.57 Å². The van der Waals surface area contributed by atoms with Gasteiger partial charge in [0.2, 0.25) is 0 Å². The topological polar surface area (TPSA) is 4.93 Å². The maximum atomic E-state index is 3.37. The van der Waals surface area contributed by atoms with Crippen LogP contribution in [0.15, 0.2) is 34.2 Å². The lowest BCUT2D eigenvalue weighted by Crippen LogP contribution is -1.82. The molecule has 0 amide bonds. The van der Waals surface area contributed by atoms with Crippen LogP contribution in [0.25, 0.3) is 5.00 Å². The van der Waals surface area contributed by atoms with Crippen molar-refractivity contribution in [2.45, 2.75) is 0 Å². The van der Waals surface area contributed by atoms with Crippen molar-refractivity contribution >= 4 is 27.3 Å². The highest BCUT2D eigenvalue weighted by Crippen LogP contribution is 2.18. The van der Waals surface area contributed by atoms with E-state index in [0.717, 1.165) is 4.47 Å². The van der Waals surface area contributed by atoms with Gasteiger partial charge in [-0.3, -0.25) is 0 Å². The molecule has 55 valence electrons. The second-order valence-corrected chi connectivity index (χ2v) is 3.95. The smallest absolute Gasteiger partial charge is 0.0995 e. The third-order valence-corrected chi connectivity index (χ3v) is 2.64. The van der Waals surface area contributed by atoms with Gasteiger partial charge in [0.1, 0.15) is 0 Å². The Morgan fingerprint density at radius 3 is 3.00 bits per heavy atom. The summed E-state index contributed by atoms with van der Waals surface area (Å²) < 4.78 is 3.03. The zero-order chi connectivity index (χ0) is 7.68. The molecule has 1 radical (unpaired) electrons. The summed E-state index contributed by atoms with van der Waals surface area (Å²) in [5.41, 5.74) is 0. The molecule has 3 heteroatoms. The monoisotopic (exact) mass is 226 g/mol. The number of hydrogen-bond acceptors (Lipinski definition) is 1. The van der Waals surface area contributed by atoms with Crippen LogP contribution >= 0.6 is 27.3 Å². The summed E-state index contributed by atoms with van der Waals surface area (Å²) in [7, 11) is 0. The molecule has 0 saturated carbocycles. The maximum Gasteiger partial charge on any atom is 0.0995 e. The van der Waals surface area contributed by atoms with Crippen LogP contribution in [-0.4, -0.2) is 4.57 Å². The van der Waals surface area contributed by atoms with Crippen LogP contribution < -0.4 is 0 Å². The molecule has 0 aliphatic rings. The van der Waals surface area contributed by atoms with E-state index in [2.05, 4.69) is 33.6 Å². The Morgan fingerprint density at radius 1 is 1.55 bits per heavy atom. The van der Waals surface area contributed by atoms with Crippen molar-refractivity contribution in [3.63, 3.8) is 0 Å². The fraction of sp³-hybridized carbons (Fsp3) is 0. The van der Waals surface area contributed by atoms with E-state index in [1.807, 2.05) is 22.9 Å². The van der Waals surface area contributed by atoms with Gasteiger partial charge in [-0.25, -0.2) is 0 Å². The summed E-state index contributed by atoms with van der Waals surface area (Å²) in [6, 6.07) is 6.00. The average molecular weight is 227 g/mol. The zero-order valence-electron chi connectivity index (χ0n) is 5.62. The number of nitrogens with zero attached hydrogens (tertiary/aromatic N) is 1. The van der Waals surface area contributed by atoms with Crippen molar-refractivity contribution in [2.75, 3.05) is 0 Å². The van der Waals surface area contributed by atoms with Crippen molar-refractivity contribution in [3.8, 4) is 5.00 Å². The van der Waals surface area contributed by atoms with Crippen LogP contribution in [0.4, 0.5) is 0 Å². The quantitative estimate of drug-likeness (QED) is 0.705. The second-order valence-electron chi connectivity index (χ2n) is 2.11. The average Bonchev–Trinajstić information content (AvgIpc) is 2.55. The van der Waals surface area contributed by atoms with E-state index in [0.29, 0.717) is 0 Å². The Balaban J connectivity index is 2.45. The van der Waals surface area contributed by atoms with Crippen molar-refractivity contribution < 1.29 is 0 Å². The van der Waals surface area contributed by atoms with Crippen molar-refractivity contribution in [1.29, 1.82) is 0 Å². The first kappa shape index (κ1) is 7.13. The first-order chi connectivity index (χ1) is 5.36. The minimum Gasteiger partial charge on any atom is -0.305 e. The zero-order valence-corrected chi connectivity index (χ0v) is 8.02. The van der Waals surface area contributed by atoms with Gasteiger partial charge in [-0.05, 0) is 39.5 Å². The Bertz CT molecular complexity index is 337. The Labute approximate surface area is 77.4 Å². The fourth-order valence-corrected chi connectivity index (χ4v) is 1.84. The van der Waals surface area contributed by atoms with Crippen LogP contribution in [0.1, 0.15) is 0 Å². The summed E-state index contributed by atoms with van der Waals surface area (Å²) in [6.45, 7) is 0. The van der Waals surface area contributed by atoms with E-state index in [-0.39, 0.29) is 0 Å². The molecular weight excluding hydrogens is 222 g/mol. The molecule has 0 aliphatic heterocycles. The van der Waals surface area contributed by atoms with E-state index in [9.17, 15) is 0 Å². The molecular formula is C8H5BrNS. The summed E-state index contributed by atoms with van der Waals surface area (Å²) in [6.07, 6.45) is 5.08. The molecule has 2 rings (SSSR count). The largest absolute Gasteiger partial charge is 0.305 e. The molecule has 0 aromatic carbocycles. The van der Waals surface area contributed by atoms with E-state index in [1.54, 1.807) is 11.3 Å². The molecule has 2 heterocycles. The van der Waals surface area contributed by atoms with Crippen LogP contribution in [0.2, 0.25) is 0 Å². The lowest BCUT2D eigenvalue weighted by molar-refractivity contribution is 1.10. The Hall–Kier alpha value is -0.540. The molecule has 0 fully saturated rings. The molecule has 2 aromatic rings. The number of hydrogen-bond donors (Lipinski definition) is 0. The number of aromatic nitrogens is 1. The van der Waals surface area contributed by atoms with E-state index >= 15 is 0 Å². The lowest BCUT2D eigenvalue weighted by atomic mass is 10.6. The highest BCUT2D eigenvalue weighted by atomic mass is 79.9. The van der Waals surface area contributed by atoms with Gasteiger partial charge in [0.25, 0.3) is 0 Å². The standard InChI is InChI=1S/C8H5BrNS/c9-7-3-4-10(6-7)8-2-1-5-11-8/h1-3,5-6H. The fourth-order valence-electron chi connectivity index (χ4n) is 0.863. The first-order valence-corrected chi connectivity index (χ1v) is 4.83. The number of rotatable bonds is 1. The summed E-state index contributed by atoms with van der Waals surface area (Å²) in [4.78, 5) is 0.